The van der Waals surface area contributed by atoms with Crippen molar-refractivity contribution in [2.75, 3.05) is 10.6 Å². The topological polar surface area (TPSA) is 91.1 Å². The molecule has 6 nitrogen and oxygen atoms in total. The fourth-order valence-electron chi connectivity index (χ4n) is 2.42. The summed E-state index contributed by atoms with van der Waals surface area (Å²) in [7, 11) is 0. The zero-order valence-corrected chi connectivity index (χ0v) is 13.2. The molecule has 0 saturated heterocycles. The molecule has 1 aromatic heterocycles. The van der Waals surface area contributed by atoms with Crippen LogP contribution in [0.2, 0.25) is 0 Å². The smallest absolute Gasteiger partial charge is 0.261 e. The van der Waals surface area contributed by atoms with Crippen molar-refractivity contribution in [1.29, 1.82) is 0 Å². The first-order valence-electron chi connectivity index (χ1n) is 7.44. The van der Waals surface area contributed by atoms with Gasteiger partial charge in [-0.15, -0.1) is 0 Å². The number of H-pyrrole nitrogens is 1. The van der Waals surface area contributed by atoms with Crippen LogP contribution < -0.4 is 16.1 Å². The van der Waals surface area contributed by atoms with Crippen LogP contribution in [0.15, 0.2) is 53.5 Å². The average molecular weight is 339 g/mol. The summed E-state index contributed by atoms with van der Waals surface area (Å²) in [5.74, 6) is -1.37. The monoisotopic (exact) mass is 339 g/mol. The Kier molecular flexibility index (Phi) is 4.30. The molecule has 3 rings (SSSR count). The summed E-state index contributed by atoms with van der Waals surface area (Å²) in [5.41, 5.74) is 0.427. The largest absolute Gasteiger partial charge is 0.358 e. The molecule has 3 N–H and O–H groups in total. The molecule has 25 heavy (non-hydrogen) atoms. The number of aromatic amines is 1. The second kappa shape index (κ2) is 6.56. The predicted octanol–water partition coefficient (Wildman–Crippen LogP) is 2.88. The minimum Gasteiger partial charge on any atom is -0.358 e. The van der Waals surface area contributed by atoms with Crippen LogP contribution in [0, 0.1) is 5.82 Å². The lowest BCUT2D eigenvalue weighted by Crippen LogP contribution is -2.22. The van der Waals surface area contributed by atoms with E-state index in [1.807, 2.05) is 0 Å². The van der Waals surface area contributed by atoms with Gasteiger partial charge in [-0.1, -0.05) is 6.07 Å². The first-order valence-corrected chi connectivity index (χ1v) is 7.44. The van der Waals surface area contributed by atoms with E-state index < -0.39 is 17.2 Å². The first kappa shape index (κ1) is 16.4. The molecule has 0 atom stereocenters. The van der Waals surface area contributed by atoms with E-state index in [0.29, 0.717) is 11.4 Å². The molecular weight excluding hydrogens is 325 g/mol. The SMILES string of the molecule is CC(=O)Nc1ccc(NC(=O)c2c[nH]c3c(F)cccc3c2=O)cc1. The van der Waals surface area contributed by atoms with Crippen LogP contribution >= 0.6 is 0 Å². The molecular formula is C18H14FN3O3. The van der Waals surface area contributed by atoms with E-state index in [4.69, 9.17) is 0 Å². The molecule has 2 aromatic carbocycles. The molecule has 0 saturated carbocycles. The normalized spacial score (nSPS) is 10.5. The number of carbonyl (C=O) groups excluding carboxylic acids is 2. The van der Waals surface area contributed by atoms with Gasteiger partial charge in [-0.2, -0.15) is 0 Å². The Bertz CT molecular complexity index is 1030. The van der Waals surface area contributed by atoms with Crippen LogP contribution in [-0.2, 0) is 4.79 Å². The van der Waals surface area contributed by atoms with Crippen LogP contribution in [0.1, 0.15) is 17.3 Å². The van der Waals surface area contributed by atoms with E-state index in [-0.39, 0.29) is 22.4 Å². The van der Waals surface area contributed by atoms with E-state index >= 15 is 0 Å². The summed E-state index contributed by atoms with van der Waals surface area (Å²) in [6, 6.07) is 10.5. The van der Waals surface area contributed by atoms with Gasteiger partial charge < -0.3 is 15.6 Å². The molecule has 126 valence electrons. The third kappa shape index (κ3) is 3.40. The second-order valence-electron chi connectivity index (χ2n) is 5.41. The Morgan fingerprint density at radius 2 is 1.64 bits per heavy atom. The van der Waals surface area contributed by atoms with Gasteiger partial charge in [-0.25, -0.2) is 4.39 Å². The number of hydrogen-bond donors (Lipinski definition) is 3. The number of nitrogens with one attached hydrogen (secondary N) is 3. The van der Waals surface area contributed by atoms with Gasteiger partial charge >= 0.3 is 0 Å². The van der Waals surface area contributed by atoms with Gasteiger partial charge in [-0.3, -0.25) is 14.4 Å². The molecule has 7 heteroatoms. The molecule has 0 fully saturated rings. The Labute approximate surface area is 141 Å². The van der Waals surface area contributed by atoms with Gasteiger partial charge in [0.1, 0.15) is 11.4 Å². The van der Waals surface area contributed by atoms with E-state index in [9.17, 15) is 18.8 Å². The lowest BCUT2D eigenvalue weighted by Gasteiger charge is -2.07. The molecule has 3 aromatic rings. The van der Waals surface area contributed by atoms with Crippen LogP contribution in [-0.4, -0.2) is 16.8 Å². The zero-order valence-electron chi connectivity index (χ0n) is 13.2. The van der Waals surface area contributed by atoms with Crippen molar-refractivity contribution in [3.63, 3.8) is 0 Å². The Hall–Kier alpha value is -3.48. The van der Waals surface area contributed by atoms with Crippen molar-refractivity contribution in [1.82, 2.24) is 4.98 Å². The first-order chi connectivity index (χ1) is 12.0. The number of benzene rings is 2. The van der Waals surface area contributed by atoms with Crippen LogP contribution in [0.25, 0.3) is 10.9 Å². The maximum Gasteiger partial charge on any atom is 0.261 e. The Balaban J connectivity index is 1.86. The average Bonchev–Trinajstić information content (AvgIpc) is 2.57. The molecule has 0 radical (unpaired) electrons. The highest BCUT2D eigenvalue weighted by molar-refractivity contribution is 6.05. The van der Waals surface area contributed by atoms with Gasteiger partial charge in [0, 0.05) is 29.9 Å². The van der Waals surface area contributed by atoms with Crippen molar-refractivity contribution in [3.8, 4) is 0 Å². The minimum atomic E-state index is -0.611. The summed E-state index contributed by atoms with van der Waals surface area (Å²) in [4.78, 5) is 38.4. The summed E-state index contributed by atoms with van der Waals surface area (Å²) in [5, 5.41) is 5.31. The van der Waals surface area contributed by atoms with Gasteiger partial charge in [0.15, 0.2) is 0 Å². The third-order valence-electron chi connectivity index (χ3n) is 3.57. The Morgan fingerprint density at radius 3 is 2.28 bits per heavy atom. The van der Waals surface area contributed by atoms with Crippen molar-refractivity contribution >= 4 is 34.1 Å². The third-order valence-corrected chi connectivity index (χ3v) is 3.57. The van der Waals surface area contributed by atoms with Gasteiger partial charge in [-0.05, 0) is 36.4 Å². The lowest BCUT2D eigenvalue weighted by molar-refractivity contribution is -0.114. The molecule has 0 aliphatic heterocycles. The molecule has 0 aliphatic rings. The molecule has 0 spiro atoms. The van der Waals surface area contributed by atoms with Gasteiger partial charge in [0.2, 0.25) is 11.3 Å². The number of pyridine rings is 1. The van der Waals surface area contributed by atoms with E-state index in [0.717, 1.165) is 0 Å². The maximum atomic E-state index is 13.7. The number of hydrogen-bond acceptors (Lipinski definition) is 3. The zero-order chi connectivity index (χ0) is 18.0. The summed E-state index contributed by atoms with van der Waals surface area (Å²) in [6.07, 6.45) is 1.19. The van der Waals surface area contributed by atoms with E-state index in [2.05, 4.69) is 15.6 Å². The number of rotatable bonds is 3. The van der Waals surface area contributed by atoms with E-state index in [1.54, 1.807) is 24.3 Å². The summed E-state index contributed by atoms with van der Waals surface area (Å²) in [6.45, 7) is 1.39. The second-order valence-corrected chi connectivity index (χ2v) is 5.41. The Morgan fingerprint density at radius 1 is 1.00 bits per heavy atom. The van der Waals surface area contributed by atoms with Crippen molar-refractivity contribution < 1.29 is 14.0 Å². The van der Waals surface area contributed by atoms with Crippen LogP contribution in [0.3, 0.4) is 0 Å². The highest BCUT2D eigenvalue weighted by Gasteiger charge is 2.14. The van der Waals surface area contributed by atoms with E-state index in [1.165, 1.54) is 31.3 Å². The highest BCUT2D eigenvalue weighted by atomic mass is 19.1. The van der Waals surface area contributed by atoms with Crippen molar-refractivity contribution in [3.05, 3.63) is 70.3 Å². The number of halogens is 1. The van der Waals surface area contributed by atoms with Crippen LogP contribution in [0.5, 0.6) is 0 Å². The molecule has 0 aliphatic carbocycles. The molecule has 1 heterocycles. The number of fused-ring (bicyclic) bond motifs is 1. The standard InChI is InChI=1S/C18H14FN3O3/c1-10(23)21-11-5-7-12(8-6-11)22-18(25)14-9-20-16-13(17(14)24)3-2-4-15(16)19/h2-9H,1H3,(H,20,24)(H,21,23)(H,22,25). The molecule has 2 amide bonds. The quantitative estimate of drug-likeness (QED) is 0.685. The van der Waals surface area contributed by atoms with Gasteiger partial charge in [0.25, 0.3) is 5.91 Å². The highest BCUT2D eigenvalue weighted by Crippen LogP contribution is 2.15. The fraction of sp³-hybridized carbons (Fsp3) is 0.0556. The van der Waals surface area contributed by atoms with Gasteiger partial charge in [0.05, 0.1) is 5.52 Å². The van der Waals surface area contributed by atoms with Crippen molar-refractivity contribution in [2.24, 2.45) is 0 Å². The fourth-order valence-corrected chi connectivity index (χ4v) is 2.42. The van der Waals surface area contributed by atoms with Crippen molar-refractivity contribution in [2.45, 2.75) is 6.92 Å². The predicted molar refractivity (Wildman–Crippen MR) is 93.2 cm³/mol. The minimum absolute atomic E-state index is 0.0590. The maximum absolute atomic E-state index is 13.7. The number of carbonyl (C=O) groups is 2. The number of para-hydroxylation sites is 1. The summed E-state index contributed by atoms with van der Waals surface area (Å²) < 4.78 is 13.7. The number of anilines is 2. The van der Waals surface area contributed by atoms with Crippen LogP contribution in [0.4, 0.5) is 15.8 Å². The number of amides is 2. The molecule has 0 unspecified atom stereocenters. The molecule has 0 bridgehead atoms. The summed E-state index contributed by atoms with van der Waals surface area (Å²) >= 11 is 0. The number of aromatic nitrogens is 1. The lowest BCUT2D eigenvalue weighted by atomic mass is 10.1.